The van der Waals surface area contributed by atoms with Crippen molar-refractivity contribution in [3.8, 4) is 5.75 Å². The van der Waals surface area contributed by atoms with Gasteiger partial charge in [0, 0.05) is 12.6 Å². The smallest absolute Gasteiger partial charge is 0.119 e. The number of nitrogens with one attached hydrogen (secondary N) is 1. The Kier molecular flexibility index (Phi) is 6.06. The molecule has 0 spiro atoms. The number of benzene rings is 1. The summed E-state index contributed by atoms with van der Waals surface area (Å²) in [6.45, 7) is 9.56. The zero-order valence-electron chi connectivity index (χ0n) is 11.5. The molecular formula is C15H25NO. The predicted molar refractivity (Wildman–Crippen MR) is 73.4 cm³/mol. The molecule has 2 heteroatoms. The summed E-state index contributed by atoms with van der Waals surface area (Å²) in [5.74, 6) is 0.964. The number of hydrogen-bond acceptors (Lipinski definition) is 2. The number of hydrogen-bond donors (Lipinski definition) is 1. The van der Waals surface area contributed by atoms with Gasteiger partial charge in [0.2, 0.25) is 0 Å². The summed E-state index contributed by atoms with van der Waals surface area (Å²) in [4.78, 5) is 0. The quantitative estimate of drug-likeness (QED) is 0.777. The average Bonchev–Trinajstić information content (AvgIpc) is 2.37. The largest absolute Gasteiger partial charge is 0.491 e. The van der Waals surface area contributed by atoms with Gasteiger partial charge in [-0.1, -0.05) is 26.0 Å². The van der Waals surface area contributed by atoms with E-state index in [1.165, 1.54) is 5.56 Å². The first-order valence-corrected chi connectivity index (χ1v) is 6.64. The highest BCUT2D eigenvalue weighted by molar-refractivity contribution is 5.27. The third kappa shape index (κ3) is 5.22. The molecule has 0 bridgehead atoms. The van der Waals surface area contributed by atoms with Gasteiger partial charge in [0.05, 0.1) is 6.10 Å². The fourth-order valence-corrected chi connectivity index (χ4v) is 1.44. The van der Waals surface area contributed by atoms with Gasteiger partial charge in [-0.25, -0.2) is 0 Å². The normalized spacial score (nSPS) is 14.4. The SMILES string of the molecule is CC[C@H](C)NCc1ccc(O[C@@H](C)CC)cc1. The molecule has 0 saturated carbocycles. The van der Waals surface area contributed by atoms with Crippen molar-refractivity contribution in [1.82, 2.24) is 5.32 Å². The fourth-order valence-electron chi connectivity index (χ4n) is 1.44. The summed E-state index contributed by atoms with van der Waals surface area (Å²) in [7, 11) is 0. The van der Waals surface area contributed by atoms with Crippen molar-refractivity contribution in [2.45, 2.75) is 59.2 Å². The van der Waals surface area contributed by atoms with Crippen LogP contribution in [0.5, 0.6) is 5.75 Å². The van der Waals surface area contributed by atoms with Crippen molar-refractivity contribution in [3.05, 3.63) is 29.8 Å². The van der Waals surface area contributed by atoms with Gasteiger partial charge >= 0.3 is 0 Å². The molecule has 0 aromatic heterocycles. The lowest BCUT2D eigenvalue weighted by Crippen LogP contribution is -2.24. The van der Waals surface area contributed by atoms with Crippen LogP contribution in [0.15, 0.2) is 24.3 Å². The molecule has 17 heavy (non-hydrogen) atoms. The van der Waals surface area contributed by atoms with Crippen molar-refractivity contribution < 1.29 is 4.74 Å². The van der Waals surface area contributed by atoms with Gasteiger partial charge in [0.25, 0.3) is 0 Å². The highest BCUT2D eigenvalue weighted by Crippen LogP contribution is 2.14. The van der Waals surface area contributed by atoms with Crippen LogP contribution in [0.2, 0.25) is 0 Å². The Morgan fingerprint density at radius 2 is 1.71 bits per heavy atom. The third-order valence-electron chi connectivity index (χ3n) is 3.10. The predicted octanol–water partition coefficient (Wildman–Crippen LogP) is 3.75. The Morgan fingerprint density at radius 1 is 1.06 bits per heavy atom. The molecule has 1 aromatic rings. The topological polar surface area (TPSA) is 21.3 Å². The van der Waals surface area contributed by atoms with Gasteiger partial charge in [-0.2, -0.15) is 0 Å². The summed E-state index contributed by atoms with van der Waals surface area (Å²) in [6, 6.07) is 8.95. The van der Waals surface area contributed by atoms with Crippen LogP contribution < -0.4 is 10.1 Å². The first-order valence-electron chi connectivity index (χ1n) is 6.64. The van der Waals surface area contributed by atoms with Crippen LogP contribution >= 0.6 is 0 Å². The van der Waals surface area contributed by atoms with Crippen molar-refractivity contribution >= 4 is 0 Å². The zero-order chi connectivity index (χ0) is 12.7. The fraction of sp³-hybridized carbons (Fsp3) is 0.600. The average molecular weight is 235 g/mol. The highest BCUT2D eigenvalue weighted by atomic mass is 16.5. The van der Waals surface area contributed by atoms with Crippen LogP contribution in [0.3, 0.4) is 0 Å². The van der Waals surface area contributed by atoms with E-state index in [-0.39, 0.29) is 0 Å². The van der Waals surface area contributed by atoms with Crippen LogP contribution in [0.1, 0.15) is 46.1 Å². The Hall–Kier alpha value is -1.02. The van der Waals surface area contributed by atoms with E-state index in [0.717, 1.165) is 25.1 Å². The molecule has 0 aliphatic rings. The van der Waals surface area contributed by atoms with Gasteiger partial charge in [-0.05, 0) is 44.4 Å². The summed E-state index contributed by atoms with van der Waals surface area (Å²) < 4.78 is 5.74. The van der Waals surface area contributed by atoms with E-state index in [2.05, 4.69) is 57.3 Å². The van der Waals surface area contributed by atoms with Crippen molar-refractivity contribution in [2.24, 2.45) is 0 Å². The van der Waals surface area contributed by atoms with E-state index in [1.54, 1.807) is 0 Å². The Labute approximate surface area is 105 Å². The first-order chi connectivity index (χ1) is 8.15. The van der Waals surface area contributed by atoms with Crippen LogP contribution in [-0.4, -0.2) is 12.1 Å². The van der Waals surface area contributed by atoms with Crippen molar-refractivity contribution in [2.75, 3.05) is 0 Å². The van der Waals surface area contributed by atoms with Crippen LogP contribution in [0.4, 0.5) is 0 Å². The lowest BCUT2D eigenvalue weighted by molar-refractivity contribution is 0.217. The van der Waals surface area contributed by atoms with Crippen LogP contribution in [0.25, 0.3) is 0 Å². The van der Waals surface area contributed by atoms with E-state index in [9.17, 15) is 0 Å². The van der Waals surface area contributed by atoms with Gasteiger partial charge in [-0.15, -0.1) is 0 Å². The maximum atomic E-state index is 5.74. The molecule has 1 N–H and O–H groups in total. The molecular weight excluding hydrogens is 210 g/mol. The number of rotatable bonds is 7. The first kappa shape index (κ1) is 14.0. The maximum Gasteiger partial charge on any atom is 0.119 e. The molecule has 0 unspecified atom stereocenters. The lowest BCUT2D eigenvalue weighted by atomic mass is 10.2. The molecule has 0 aliphatic carbocycles. The molecule has 1 aromatic carbocycles. The monoisotopic (exact) mass is 235 g/mol. The minimum absolute atomic E-state index is 0.291. The van der Waals surface area contributed by atoms with Crippen molar-refractivity contribution in [3.63, 3.8) is 0 Å². The second-order valence-corrected chi connectivity index (χ2v) is 4.67. The summed E-state index contributed by atoms with van der Waals surface area (Å²) in [5.41, 5.74) is 1.31. The molecule has 2 nitrogen and oxygen atoms in total. The van der Waals surface area contributed by atoms with Gasteiger partial charge < -0.3 is 10.1 Å². The van der Waals surface area contributed by atoms with E-state index >= 15 is 0 Å². The standard InChI is InChI=1S/C15H25NO/c1-5-12(3)16-11-14-7-9-15(10-8-14)17-13(4)6-2/h7-10,12-13,16H,5-6,11H2,1-4H3/t12-,13-/m0/s1. The second-order valence-electron chi connectivity index (χ2n) is 4.67. The second kappa shape index (κ2) is 7.33. The van der Waals surface area contributed by atoms with Crippen molar-refractivity contribution in [1.29, 1.82) is 0 Å². The molecule has 0 aliphatic heterocycles. The molecule has 2 atom stereocenters. The minimum atomic E-state index is 0.291. The minimum Gasteiger partial charge on any atom is -0.491 e. The Bertz CT molecular complexity index is 307. The van der Waals surface area contributed by atoms with E-state index in [4.69, 9.17) is 4.74 Å². The molecule has 96 valence electrons. The molecule has 0 fully saturated rings. The Morgan fingerprint density at radius 3 is 2.24 bits per heavy atom. The summed E-state index contributed by atoms with van der Waals surface area (Å²) in [5, 5.41) is 3.48. The summed E-state index contributed by atoms with van der Waals surface area (Å²) >= 11 is 0. The highest BCUT2D eigenvalue weighted by Gasteiger charge is 2.02. The Balaban J connectivity index is 2.44. The molecule has 1 rings (SSSR count). The summed E-state index contributed by atoms with van der Waals surface area (Å²) in [6.07, 6.45) is 2.49. The zero-order valence-corrected chi connectivity index (χ0v) is 11.5. The van der Waals surface area contributed by atoms with Crippen LogP contribution in [0, 0.1) is 0 Å². The van der Waals surface area contributed by atoms with Gasteiger partial charge in [-0.3, -0.25) is 0 Å². The molecule has 0 amide bonds. The van der Waals surface area contributed by atoms with E-state index in [1.807, 2.05) is 0 Å². The molecule has 0 heterocycles. The van der Waals surface area contributed by atoms with Gasteiger partial charge in [0.1, 0.15) is 5.75 Å². The molecule has 0 saturated heterocycles. The van der Waals surface area contributed by atoms with E-state index < -0.39 is 0 Å². The maximum absolute atomic E-state index is 5.74. The van der Waals surface area contributed by atoms with E-state index in [0.29, 0.717) is 12.1 Å². The lowest BCUT2D eigenvalue weighted by Gasteiger charge is -2.14. The third-order valence-corrected chi connectivity index (χ3v) is 3.10. The molecule has 0 radical (unpaired) electrons. The van der Waals surface area contributed by atoms with Gasteiger partial charge in [0.15, 0.2) is 0 Å². The van der Waals surface area contributed by atoms with Crippen LogP contribution in [-0.2, 0) is 6.54 Å². The number of ether oxygens (including phenoxy) is 1.